The van der Waals surface area contributed by atoms with E-state index < -0.39 is 7.12 Å². The van der Waals surface area contributed by atoms with Gasteiger partial charge in [0.1, 0.15) is 6.61 Å². The van der Waals surface area contributed by atoms with Crippen LogP contribution in [0.4, 0.5) is 0 Å². The number of hydrogen-bond acceptors (Lipinski definition) is 5. The standard InChI is InChI=1S/C11H15BO5/c1-3-6-16-11-7-9(12(13)14)4-5-10(11)17-8-15-2/h3-5,7,13-14H,1,6,8H2,2H3. The summed E-state index contributed by atoms with van der Waals surface area (Å²) in [7, 11) is -0.0339. The van der Waals surface area contributed by atoms with E-state index in [2.05, 4.69) is 6.58 Å². The Kier molecular flexibility index (Phi) is 5.55. The molecule has 0 atom stereocenters. The van der Waals surface area contributed by atoms with Crippen molar-refractivity contribution in [2.45, 2.75) is 0 Å². The van der Waals surface area contributed by atoms with Crippen molar-refractivity contribution in [3.8, 4) is 11.5 Å². The van der Waals surface area contributed by atoms with E-state index in [1.165, 1.54) is 19.2 Å². The molecule has 6 heteroatoms. The molecule has 0 spiro atoms. The number of methoxy groups -OCH3 is 1. The van der Waals surface area contributed by atoms with Crippen molar-refractivity contribution in [1.29, 1.82) is 0 Å². The lowest BCUT2D eigenvalue weighted by Crippen LogP contribution is -2.29. The molecule has 1 aromatic carbocycles. The van der Waals surface area contributed by atoms with Crippen molar-refractivity contribution in [3.63, 3.8) is 0 Å². The summed E-state index contributed by atoms with van der Waals surface area (Å²) in [6.45, 7) is 3.92. The van der Waals surface area contributed by atoms with Gasteiger partial charge in [-0.25, -0.2) is 0 Å². The van der Waals surface area contributed by atoms with Gasteiger partial charge in [-0.05, 0) is 17.6 Å². The molecule has 5 nitrogen and oxygen atoms in total. The molecule has 0 aliphatic heterocycles. The van der Waals surface area contributed by atoms with Crippen LogP contribution in [0.1, 0.15) is 0 Å². The minimum absolute atomic E-state index is 0.0888. The Labute approximate surface area is 100 Å². The molecule has 0 bridgehead atoms. The van der Waals surface area contributed by atoms with E-state index >= 15 is 0 Å². The lowest BCUT2D eigenvalue weighted by molar-refractivity contribution is 0.0489. The fraction of sp³-hybridized carbons (Fsp3) is 0.273. The second kappa shape index (κ2) is 6.95. The second-order valence-corrected chi connectivity index (χ2v) is 3.23. The summed E-state index contributed by atoms with van der Waals surface area (Å²) in [4.78, 5) is 0. The monoisotopic (exact) mass is 238 g/mol. The molecule has 0 unspecified atom stereocenters. The highest BCUT2D eigenvalue weighted by Crippen LogP contribution is 2.25. The molecule has 0 saturated heterocycles. The van der Waals surface area contributed by atoms with E-state index in [0.29, 0.717) is 23.6 Å². The van der Waals surface area contributed by atoms with Gasteiger partial charge < -0.3 is 24.3 Å². The molecule has 0 fully saturated rings. The Morgan fingerprint density at radius 2 is 2.06 bits per heavy atom. The van der Waals surface area contributed by atoms with Crippen LogP contribution in [-0.4, -0.2) is 37.7 Å². The summed E-state index contributed by atoms with van der Waals surface area (Å²) in [5.74, 6) is 0.880. The Hall–Kier alpha value is -1.50. The molecular weight excluding hydrogens is 223 g/mol. The van der Waals surface area contributed by atoms with Gasteiger partial charge in [0.25, 0.3) is 0 Å². The Morgan fingerprint density at radius 1 is 1.29 bits per heavy atom. The fourth-order valence-corrected chi connectivity index (χ4v) is 1.19. The van der Waals surface area contributed by atoms with Gasteiger partial charge in [-0.1, -0.05) is 18.7 Å². The van der Waals surface area contributed by atoms with E-state index in [1.54, 1.807) is 12.1 Å². The van der Waals surface area contributed by atoms with Crippen LogP contribution < -0.4 is 14.9 Å². The minimum Gasteiger partial charge on any atom is -0.486 e. The van der Waals surface area contributed by atoms with Gasteiger partial charge in [-0.15, -0.1) is 0 Å². The lowest BCUT2D eigenvalue weighted by Gasteiger charge is -2.12. The van der Waals surface area contributed by atoms with Crippen molar-refractivity contribution in [1.82, 2.24) is 0 Å². The van der Waals surface area contributed by atoms with Crippen LogP contribution in [0.25, 0.3) is 0 Å². The highest BCUT2D eigenvalue weighted by molar-refractivity contribution is 6.58. The quantitative estimate of drug-likeness (QED) is 0.395. The maximum Gasteiger partial charge on any atom is 0.488 e. The molecule has 1 rings (SSSR count). The van der Waals surface area contributed by atoms with Gasteiger partial charge in [-0.2, -0.15) is 0 Å². The van der Waals surface area contributed by atoms with Crippen molar-refractivity contribution in [2.24, 2.45) is 0 Å². The van der Waals surface area contributed by atoms with Crippen LogP contribution >= 0.6 is 0 Å². The largest absolute Gasteiger partial charge is 0.488 e. The van der Waals surface area contributed by atoms with Crippen molar-refractivity contribution in [3.05, 3.63) is 30.9 Å². The van der Waals surface area contributed by atoms with Crippen LogP contribution in [0.5, 0.6) is 11.5 Å². The summed E-state index contributed by atoms with van der Waals surface area (Å²) in [5, 5.41) is 18.1. The van der Waals surface area contributed by atoms with E-state index in [9.17, 15) is 0 Å². The molecule has 92 valence electrons. The van der Waals surface area contributed by atoms with Crippen LogP contribution in [-0.2, 0) is 4.74 Å². The zero-order valence-corrected chi connectivity index (χ0v) is 9.63. The number of rotatable bonds is 7. The zero-order valence-electron chi connectivity index (χ0n) is 9.63. The van der Waals surface area contributed by atoms with Gasteiger partial charge in [0.05, 0.1) is 0 Å². The van der Waals surface area contributed by atoms with Crippen molar-refractivity contribution >= 4 is 12.6 Å². The Bertz CT molecular complexity index is 367. The van der Waals surface area contributed by atoms with Crippen LogP contribution in [0.3, 0.4) is 0 Å². The van der Waals surface area contributed by atoms with Crippen LogP contribution in [0.2, 0.25) is 0 Å². The predicted octanol–water partition coefficient (Wildman–Crippen LogP) is -0.0861. The summed E-state index contributed by atoms with van der Waals surface area (Å²) >= 11 is 0. The summed E-state index contributed by atoms with van der Waals surface area (Å²) in [5.41, 5.74) is 0.328. The summed E-state index contributed by atoms with van der Waals surface area (Å²) in [6, 6.07) is 4.63. The van der Waals surface area contributed by atoms with E-state index in [1.807, 2.05) is 0 Å². The molecule has 0 aromatic heterocycles. The normalized spacial score (nSPS) is 9.82. The molecule has 0 amide bonds. The van der Waals surface area contributed by atoms with E-state index in [4.69, 9.17) is 24.3 Å². The maximum atomic E-state index is 9.05. The lowest BCUT2D eigenvalue weighted by atomic mass is 9.80. The minimum atomic E-state index is -1.54. The molecule has 0 aliphatic carbocycles. The highest BCUT2D eigenvalue weighted by atomic mass is 16.7. The number of hydrogen-bond donors (Lipinski definition) is 2. The third kappa shape index (κ3) is 4.11. The smallest absolute Gasteiger partial charge is 0.486 e. The molecule has 1 aromatic rings. The molecule has 0 aliphatic rings. The molecule has 0 radical (unpaired) electrons. The first-order valence-corrected chi connectivity index (χ1v) is 5.04. The first-order chi connectivity index (χ1) is 8.19. The Morgan fingerprint density at radius 3 is 2.65 bits per heavy atom. The molecule has 0 saturated carbocycles. The second-order valence-electron chi connectivity index (χ2n) is 3.23. The number of ether oxygens (including phenoxy) is 3. The fourth-order valence-electron chi connectivity index (χ4n) is 1.19. The van der Waals surface area contributed by atoms with Gasteiger partial charge >= 0.3 is 7.12 Å². The summed E-state index contributed by atoms with van der Waals surface area (Å²) < 4.78 is 15.4. The molecule has 0 heterocycles. The topological polar surface area (TPSA) is 68.2 Å². The van der Waals surface area contributed by atoms with E-state index in [0.717, 1.165) is 0 Å². The average molecular weight is 238 g/mol. The van der Waals surface area contributed by atoms with Crippen molar-refractivity contribution < 1.29 is 24.3 Å². The van der Waals surface area contributed by atoms with Crippen molar-refractivity contribution in [2.75, 3.05) is 20.5 Å². The summed E-state index contributed by atoms with van der Waals surface area (Å²) in [6.07, 6.45) is 1.59. The zero-order chi connectivity index (χ0) is 12.7. The van der Waals surface area contributed by atoms with Crippen LogP contribution in [0.15, 0.2) is 30.9 Å². The van der Waals surface area contributed by atoms with E-state index in [-0.39, 0.29) is 6.79 Å². The van der Waals surface area contributed by atoms with Gasteiger partial charge in [0, 0.05) is 7.11 Å². The first-order valence-electron chi connectivity index (χ1n) is 5.04. The van der Waals surface area contributed by atoms with Gasteiger partial charge in [-0.3, -0.25) is 0 Å². The highest BCUT2D eigenvalue weighted by Gasteiger charge is 2.14. The molecule has 2 N–H and O–H groups in total. The maximum absolute atomic E-state index is 9.05. The third-order valence-corrected chi connectivity index (χ3v) is 1.95. The average Bonchev–Trinajstić information content (AvgIpc) is 2.34. The van der Waals surface area contributed by atoms with Gasteiger partial charge in [0.2, 0.25) is 0 Å². The van der Waals surface area contributed by atoms with Crippen LogP contribution in [0, 0.1) is 0 Å². The molecular formula is C11H15BO5. The third-order valence-electron chi connectivity index (χ3n) is 1.95. The van der Waals surface area contributed by atoms with Gasteiger partial charge in [0.15, 0.2) is 18.3 Å². The molecule has 17 heavy (non-hydrogen) atoms. The predicted molar refractivity (Wildman–Crippen MR) is 64.5 cm³/mol. The number of benzene rings is 1. The first kappa shape index (κ1) is 13.6. The Balaban J connectivity index is 2.89. The SMILES string of the molecule is C=CCOc1cc(B(O)O)ccc1OCOC.